The maximum atomic E-state index is 6.03. The molecular formula is C17H21NOS. The van der Waals surface area contributed by atoms with Crippen LogP contribution in [0.3, 0.4) is 0 Å². The predicted molar refractivity (Wildman–Crippen MR) is 88.2 cm³/mol. The Labute approximate surface area is 125 Å². The molecule has 0 spiro atoms. The summed E-state index contributed by atoms with van der Waals surface area (Å²) in [5.74, 6) is 5.51. The molecule has 1 heterocycles. The Morgan fingerprint density at radius 1 is 1.40 bits per heavy atom. The van der Waals surface area contributed by atoms with E-state index in [2.05, 4.69) is 37.2 Å². The number of hydrogen-bond acceptors (Lipinski definition) is 3. The smallest absolute Gasteiger partial charge is 0.134 e. The van der Waals surface area contributed by atoms with Crippen LogP contribution in [0.4, 0.5) is 0 Å². The molecule has 1 atom stereocenters. The van der Waals surface area contributed by atoms with E-state index in [1.54, 1.807) is 11.8 Å². The van der Waals surface area contributed by atoms with Crippen LogP contribution in [0.1, 0.15) is 31.2 Å². The van der Waals surface area contributed by atoms with E-state index in [1.165, 1.54) is 10.9 Å². The van der Waals surface area contributed by atoms with Crippen LogP contribution in [-0.2, 0) is 6.42 Å². The van der Waals surface area contributed by atoms with Gasteiger partial charge in [0, 0.05) is 23.2 Å². The first-order chi connectivity index (χ1) is 9.77. The Morgan fingerprint density at radius 2 is 2.20 bits per heavy atom. The second-order valence-electron chi connectivity index (χ2n) is 4.73. The van der Waals surface area contributed by atoms with Crippen LogP contribution in [0.5, 0.6) is 0 Å². The van der Waals surface area contributed by atoms with Gasteiger partial charge < -0.3 is 9.73 Å². The third-order valence-corrected chi connectivity index (χ3v) is 4.22. The fraction of sp³-hybridized carbons (Fsp3) is 0.412. The summed E-state index contributed by atoms with van der Waals surface area (Å²) in [5.41, 5.74) is 2.30. The van der Waals surface area contributed by atoms with Crippen LogP contribution in [-0.4, -0.2) is 18.1 Å². The van der Waals surface area contributed by atoms with Gasteiger partial charge in [0.05, 0.1) is 11.8 Å². The first-order valence-electron chi connectivity index (χ1n) is 7.02. The summed E-state index contributed by atoms with van der Waals surface area (Å²) >= 11 is 1.78. The number of para-hydroxylation sites is 1. The van der Waals surface area contributed by atoms with Gasteiger partial charge in [0.2, 0.25) is 0 Å². The summed E-state index contributed by atoms with van der Waals surface area (Å²) < 4.78 is 6.03. The van der Waals surface area contributed by atoms with E-state index in [0.717, 1.165) is 35.8 Å². The molecule has 1 unspecified atom stereocenters. The quantitative estimate of drug-likeness (QED) is 0.615. The van der Waals surface area contributed by atoms with Gasteiger partial charge in [-0.25, -0.2) is 0 Å². The lowest BCUT2D eigenvalue weighted by molar-refractivity contribution is 0.455. The van der Waals surface area contributed by atoms with E-state index >= 15 is 0 Å². The SMILES string of the molecule is C#CCSCCNC(C)c1oc2ccccc2c1CC. The molecule has 0 saturated carbocycles. The molecule has 0 bridgehead atoms. The lowest BCUT2D eigenvalue weighted by atomic mass is 10.1. The Hall–Kier alpha value is -1.37. The molecule has 1 aromatic carbocycles. The first kappa shape index (κ1) is 15.0. The zero-order valence-electron chi connectivity index (χ0n) is 12.1. The molecular weight excluding hydrogens is 266 g/mol. The number of furan rings is 1. The minimum Gasteiger partial charge on any atom is -0.459 e. The van der Waals surface area contributed by atoms with Gasteiger partial charge in [-0.3, -0.25) is 0 Å². The first-order valence-corrected chi connectivity index (χ1v) is 8.18. The maximum Gasteiger partial charge on any atom is 0.134 e. The van der Waals surface area contributed by atoms with Crippen LogP contribution >= 0.6 is 11.8 Å². The van der Waals surface area contributed by atoms with Crippen molar-refractivity contribution in [1.29, 1.82) is 0 Å². The van der Waals surface area contributed by atoms with Crippen LogP contribution in [0.25, 0.3) is 11.0 Å². The van der Waals surface area contributed by atoms with Gasteiger partial charge in [-0.15, -0.1) is 18.2 Å². The number of rotatable bonds is 7. The second-order valence-corrected chi connectivity index (χ2v) is 5.83. The van der Waals surface area contributed by atoms with Crippen LogP contribution in [0.2, 0.25) is 0 Å². The highest BCUT2D eigenvalue weighted by atomic mass is 32.2. The molecule has 2 rings (SSSR count). The fourth-order valence-electron chi connectivity index (χ4n) is 2.40. The number of fused-ring (bicyclic) bond motifs is 1. The number of nitrogens with one attached hydrogen (secondary N) is 1. The van der Waals surface area contributed by atoms with Crippen LogP contribution in [0.15, 0.2) is 28.7 Å². The van der Waals surface area contributed by atoms with Crippen molar-refractivity contribution < 1.29 is 4.42 Å². The number of aryl methyl sites for hydroxylation is 1. The zero-order valence-corrected chi connectivity index (χ0v) is 12.9. The van der Waals surface area contributed by atoms with E-state index < -0.39 is 0 Å². The topological polar surface area (TPSA) is 25.2 Å². The third-order valence-electron chi connectivity index (χ3n) is 3.36. The summed E-state index contributed by atoms with van der Waals surface area (Å²) in [5, 5.41) is 4.75. The van der Waals surface area contributed by atoms with Crippen molar-refractivity contribution in [2.24, 2.45) is 0 Å². The van der Waals surface area contributed by atoms with Crippen molar-refractivity contribution in [2.75, 3.05) is 18.1 Å². The maximum absolute atomic E-state index is 6.03. The molecule has 2 nitrogen and oxygen atoms in total. The van der Waals surface area contributed by atoms with Gasteiger partial charge in [0.1, 0.15) is 11.3 Å². The highest BCUT2D eigenvalue weighted by molar-refractivity contribution is 7.99. The van der Waals surface area contributed by atoms with Crippen molar-refractivity contribution in [3.63, 3.8) is 0 Å². The Morgan fingerprint density at radius 3 is 2.95 bits per heavy atom. The van der Waals surface area contributed by atoms with E-state index in [0.29, 0.717) is 0 Å². The molecule has 0 aliphatic rings. The van der Waals surface area contributed by atoms with E-state index in [1.807, 2.05) is 12.1 Å². The molecule has 1 N–H and O–H groups in total. The molecule has 0 aliphatic carbocycles. The lowest BCUT2D eigenvalue weighted by Crippen LogP contribution is -2.21. The molecule has 0 fully saturated rings. The number of hydrogen-bond donors (Lipinski definition) is 1. The van der Waals surface area contributed by atoms with Gasteiger partial charge in [0.15, 0.2) is 0 Å². The van der Waals surface area contributed by atoms with E-state index in [4.69, 9.17) is 10.8 Å². The molecule has 0 saturated heterocycles. The van der Waals surface area contributed by atoms with Crippen molar-refractivity contribution in [3.8, 4) is 12.3 Å². The Kier molecular flexibility index (Phi) is 5.58. The Balaban J connectivity index is 2.06. The predicted octanol–water partition coefficient (Wildman–Crippen LogP) is 4.01. The van der Waals surface area contributed by atoms with E-state index in [9.17, 15) is 0 Å². The van der Waals surface area contributed by atoms with Crippen molar-refractivity contribution >= 4 is 22.7 Å². The minimum atomic E-state index is 0.226. The standard InChI is InChI=1S/C17H21NOS/c1-4-11-20-12-10-18-13(3)17-14(5-2)15-8-6-7-9-16(15)19-17/h1,6-9,13,18H,5,10-12H2,2-3H3. The molecule has 2 aromatic rings. The summed E-state index contributed by atoms with van der Waals surface area (Å²) in [6.45, 7) is 5.27. The van der Waals surface area contributed by atoms with Gasteiger partial charge in [0.25, 0.3) is 0 Å². The lowest BCUT2D eigenvalue weighted by Gasteiger charge is -2.12. The average molecular weight is 287 g/mol. The van der Waals surface area contributed by atoms with Crippen molar-refractivity contribution in [2.45, 2.75) is 26.3 Å². The van der Waals surface area contributed by atoms with Gasteiger partial charge >= 0.3 is 0 Å². The second kappa shape index (κ2) is 7.42. The summed E-state index contributed by atoms with van der Waals surface area (Å²) in [6, 6.07) is 8.48. The normalized spacial score (nSPS) is 12.4. The summed E-state index contributed by atoms with van der Waals surface area (Å²) in [6.07, 6.45) is 6.23. The molecule has 1 aromatic heterocycles. The summed E-state index contributed by atoms with van der Waals surface area (Å²) in [4.78, 5) is 0. The van der Waals surface area contributed by atoms with Crippen LogP contribution < -0.4 is 5.32 Å². The highest BCUT2D eigenvalue weighted by Crippen LogP contribution is 2.30. The molecule has 3 heteroatoms. The minimum absolute atomic E-state index is 0.226. The molecule has 106 valence electrons. The third kappa shape index (κ3) is 3.39. The average Bonchev–Trinajstić information content (AvgIpc) is 2.85. The monoisotopic (exact) mass is 287 g/mol. The fourth-order valence-corrected chi connectivity index (χ4v) is 2.93. The van der Waals surface area contributed by atoms with Crippen molar-refractivity contribution in [1.82, 2.24) is 5.32 Å². The van der Waals surface area contributed by atoms with Gasteiger partial charge in [-0.1, -0.05) is 31.0 Å². The zero-order chi connectivity index (χ0) is 14.4. The molecule has 20 heavy (non-hydrogen) atoms. The van der Waals surface area contributed by atoms with Gasteiger partial charge in [-0.05, 0) is 19.4 Å². The number of terminal acetylenes is 1. The summed E-state index contributed by atoms with van der Waals surface area (Å²) in [7, 11) is 0. The number of benzene rings is 1. The Bertz CT molecular complexity index is 597. The molecule has 0 radical (unpaired) electrons. The molecule has 0 aliphatic heterocycles. The number of thioether (sulfide) groups is 1. The van der Waals surface area contributed by atoms with Crippen molar-refractivity contribution in [3.05, 3.63) is 35.6 Å². The molecule has 0 amide bonds. The largest absolute Gasteiger partial charge is 0.459 e. The highest BCUT2D eigenvalue weighted by Gasteiger charge is 2.17. The van der Waals surface area contributed by atoms with E-state index in [-0.39, 0.29) is 6.04 Å². The van der Waals surface area contributed by atoms with Gasteiger partial charge in [-0.2, -0.15) is 0 Å². The van der Waals surface area contributed by atoms with Crippen LogP contribution in [0, 0.1) is 12.3 Å².